The third-order valence-electron chi connectivity index (χ3n) is 5.95. The van der Waals surface area contributed by atoms with Crippen molar-refractivity contribution in [3.05, 3.63) is 102 Å². The van der Waals surface area contributed by atoms with E-state index in [1.807, 2.05) is 31.2 Å². The fourth-order valence-electron chi connectivity index (χ4n) is 4.10. The molecule has 1 heterocycles. The summed E-state index contributed by atoms with van der Waals surface area (Å²) in [5, 5.41) is 28.8. The van der Waals surface area contributed by atoms with Crippen LogP contribution < -0.4 is 4.74 Å². The molecular formula is C25H18ClF3N4O6. The van der Waals surface area contributed by atoms with Crippen molar-refractivity contribution in [2.45, 2.75) is 32.5 Å². The summed E-state index contributed by atoms with van der Waals surface area (Å²) in [4.78, 5) is 33.4. The molecule has 1 aliphatic heterocycles. The van der Waals surface area contributed by atoms with Crippen LogP contribution in [0.1, 0.15) is 41.6 Å². The number of carbonyl (C=O) groups excluding carboxylic acids is 1. The van der Waals surface area contributed by atoms with Crippen molar-refractivity contribution in [2.24, 2.45) is 5.10 Å². The molecule has 14 heteroatoms. The van der Waals surface area contributed by atoms with E-state index < -0.39 is 50.7 Å². The maximum Gasteiger partial charge on any atom is 0.416 e. The Labute approximate surface area is 223 Å². The number of halogens is 4. The van der Waals surface area contributed by atoms with Crippen LogP contribution in [0.15, 0.2) is 59.7 Å². The smallest absolute Gasteiger partial charge is 0.416 e. The number of nitro benzene ring substituents is 2. The highest BCUT2D eigenvalue weighted by molar-refractivity contribution is 6.32. The first-order valence-corrected chi connectivity index (χ1v) is 11.6. The number of para-hydroxylation sites is 1. The van der Waals surface area contributed by atoms with E-state index in [1.54, 1.807) is 0 Å². The first-order valence-electron chi connectivity index (χ1n) is 11.2. The zero-order valence-corrected chi connectivity index (χ0v) is 21.0. The number of ether oxygens (including phenoxy) is 1. The highest BCUT2D eigenvalue weighted by Crippen LogP contribution is 2.48. The summed E-state index contributed by atoms with van der Waals surface area (Å²) in [6.45, 7) is 3.17. The predicted octanol–water partition coefficient (Wildman–Crippen LogP) is 6.97. The van der Waals surface area contributed by atoms with Crippen molar-refractivity contribution < 1.29 is 32.5 Å². The lowest BCUT2D eigenvalue weighted by atomic mass is 9.97. The number of nitrogens with zero attached hydrogens (tertiary/aromatic N) is 4. The van der Waals surface area contributed by atoms with Gasteiger partial charge in [0, 0.05) is 31.0 Å². The molecule has 0 fully saturated rings. The molecule has 0 aromatic heterocycles. The highest BCUT2D eigenvalue weighted by Gasteiger charge is 2.40. The molecule has 39 heavy (non-hydrogen) atoms. The lowest BCUT2D eigenvalue weighted by Gasteiger charge is -2.23. The quantitative estimate of drug-likeness (QED) is 0.235. The fourth-order valence-corrected chi connectivity index (χ4v) is 4.32. The highest BCUT2D eigenvalue weighted by atomic mass is 35.5. The van der Waals surface area contributed by atoms with Gasteiger partial charge in [0.15, 0.2) is 5.75 Å². The first kappa shape index (κ1) is 27.5. The summed E-state index contributed by atoms with van der Waals surface area (Å²) in [5.41, 5.74) is -1.71. The van der Waals surface area contributed by atoms with Crippen LogP contribution in [0.5, 0.6) is 11.5 Å². The van der Waals surface area contributed by atoms with Crippen molar-refractivity contribution >= 4 is 34.6 Å². The Kier molecular flexibility index (Phi) is 7.29. The second-order valence-corrected chi connectivity index (χ2v) is 9.02. The second kappa shape index (κ2) is 10.3. The number of nitro groups is 2. The largest absolute Gasteiger partial charge is 0.442 e. The van der Waals surface area contributed by atoms with Gasteiger partial charge < -0.3 is 4.74 Å². The summed E-state index contributed by atoms with van der Waals surface area (Å²) < 4.78 is 45.6. The first-order chi connectivity index (χ1) is 18.3. The summed E-state index contributed by atoms with van der Waals surface area (Å²) in [6, 6.07) is 11.1. The van der Waals surface area contributed by atoms with E-state index in [1.165, 1.54) is 25.1 Å². The van der Waals surface area contributed by atoms with Crippen molar-refractivity contribution in [1.82, 2.24) is 5.01 Å². The van der Waals surface area contributed by atoms with Gasteiger partial charge in [0.1, 0.15) is 0 Å². The minimum atomic E-state index is -5.10. The molecular weight excluding hydrogens is 545 g/mol. The van der Waals surface area contributed by atoms with Gasteiger partial charge in [-0.3, -0.25) is 25.0 Å². The van der Waals surface area contributed by atoms with Crippen molar-refractivity contribution in [3.63, 3.8) is 0 Å². The Hall–Kier alpha value is -4.52. The molecule has 0 aliphatic carbocycles. The van der Waals surface area contributed by atoms with Crippen LogP contribution >= 0.6 is 11.6 Å². The van der Waals surface area contributed by atoms with Gasteiger partial charge in [0.2, 0.25) is 5.91 Å². The number of alkyl halides is 3. The summed E-state index contributed by atoms with van der Waals surface area (Å²) in [7, 11) is 0. The van der Waals surface area contributed by atoms with Crippen LogP contribution in [0.25, 0.3) is 0 Å². The van der Waals surface area contributed by atoms with Crippen LogP contribution in [0.4, 0.5) is 24.5 Å². The van der Waals surface area contributed by atoms with Gasteiger partial charge in [-0.2, -0.15) is 18.3 Å². The van der Waals surface area contributed by atoms with Crippen molar-refractivity contribution in [1.29, 1.82) is 0 Å². The number of hydrogen-bond donors (Lipinski definition) is 0. The molecule has 0 saturated carbocycles. The van der Waals surface area contributed by atoms with Crippen LogP contribution in [0.2, 0.25) is 5.02 Å². The zero-order valence-electron chi connectivity index (χ0n) is 20.2. The second-order valence-electron chi connectivity index (χ2n) is 8.61. The molecule has 0 spiro atoms. The van der Waals surface area contributed by atoms with Crippen LogP contribution in [-0.2, 0) is 11.0 Å². The lowest BCUT2D eigenvalue weighted by Crippen LogP contribution is -2.24. The third-order valence-corrected chi connectivity index (χ3v) is 6.25. The molecule has 1 aliphatic rings. The molecule has 0 bridgehead atoms. The Bertz CT molecular complexity index is 1490. The Balaban J connectivity index is 1.84. The standard InChI is InChI=1S/C25H18ClF3N4O6/c1-13-6-8-15(9-7-13)19-12-20(31(30-19)14(2)34)17-4-3-5-18(26)23(17)39-24-21(32(35)36)10-16(25(27,28)29)11-22(24)33(37)38/h3-11,20H,12H2,1-2H3. The number of hydrogen-bond acceptors (Lipinski definition) is 7. The predicted molar refractivity (Wildman–Crippen MR) is 134 cm³/mol. The summed E-state index contributed by atoms with van der Waals surface area (Å²) in [6.07, 6.45) is -4.93. The van der Waals surface area contributed by atoms with Gasteiger partial charge in [-0.15, -0.1) is 0 Å². The SMILES string of the molecule is CC(=O)N1N=C(c2ccc(C)cc2)CC1c1cccc(Cl)c1Oc1c([N+](=O)[O-])cc(C(F)(F)F)cc1[N+](=O)[O-]. The van der Waals surface area contributed by atoms with Gasteiger partial charge in [-0.25, -0.2) is 5.01 Å². The van der Waals surface area contributed by atoms with Crippen molar-refractivity contribution in [2.75, 3.05) is 0 Å². The molecule has 1 atom stereocenters. The Morgan fingerprint density at radius 3 is 2.15 bits per heavy atom. The maximum atomic E-state index is 13.3. The molecule has 0 saturated heterocycles. The van der Waals surface area contributed by atoms with E-state index in [9.17, 15) is 38.2 Å². The number of aryl methyl sites for hydroxylation is 1. The number of hydrazone groups is 1. The molecule has 10 nitrogen and oxygen atoms in total. The van der Waals surface area contributed by atoms with E-state index >= 15 is 0 Å². The summed E-state index contributed by atoms with van der Waals surface area (Å²) in [5.74, 6) is -1.80. The van der Waals surface area contributed by atoms with Gasteiger partial charge in [0.25, 0.3) is 5.75 Å². The number of benzene rings is 3. The minimum absolute atomic E-state index is 0.148. The number of amides is 1. The molecule has 0 N–H and O–H groups in total. The van der Waals surface area contributed by atoms with Crippen LogP contribution in [0.3, 0.4) is 0 Å². The number of rotatable bonds is 6. The minimum Gasteiger partial charge on any atom is -0.442 e. The third kappa shape index (κ3) is 5.53. The average Bonchev–Trinajstić information content (AvgIpc) is 3.30. The lowest BCUT2D eigenvalue weighted by molar-refractivity contribution is -0.396. The van der Waals surface area contributed by atoms with Crippen LogP contribution in [-0.4, -0.2) is 26.5 Å². The molecule has 202 valence electrons. The van der Waals surface area contributed by atoms with E-state index in [4.69, 9.17) is 16.3 Å². The molecule has 4 rings (SSSR count). The van der Waals surface area contributed by atoms with Gasteiger partial charge in [-0.1, -0.05) is 53.6 Å². The van der Waals surface area contributed by atoms with E-state index in [2.05, 4.69) is 5.10 Å². The molecule has 3 aromatic rings. The maximum absolute atomic E-state index is 13.3. The van der Waals surface area contributed by atoms with Gasteiger partial charge in [0.05, 0.1) is 32.2 Å². The van der Waals surface area contributed by atoms with Crippen molar-refractivity contribution in [3.8, 4) is 11.5 Å². The fraction of sp³-hybridized carbons (Fsp3) is 0.200. The topological polar surface area (TPSA) is 128 Å². The van der Waals surface area contributed by atoms with Crippen LogP contribution in [0, 0.1) is 27.2 Å². The van der Waals surface area contributed by atoms with E-state index in [-0.39, 0.29) is 34.9 Å². The average molecular weight is 563 g/mol. The van der Waals surface area contributed by atoms with Gasteiger partial charge in [-0.05, 0) is 18.6 Å². The number of carbonyl (C=O) groups is 1. The molecule has 3 aromatic carbocycles. The molecule has 1 unspecified atom stereocenters. The van der Waals surface area contributed by atoms with Gasteiger partial charge >= 0.3 is 17.6 Å². The zero-order chi connectivity index (χ0) is 28.6. The van der Waals surface area contributed by atoms with E-state index in [0.29, 0.717) is 5.71 Å². The monoisotopic (exact) mass is 562 g/mol. The molecule has 0 radical (unpaired) electrons. The normalized spacial score (nSPS) is 15.2. The Morgan fingerprint density at radius 1 is 1.05 bits per heavy atom. The molecule has 1 amide bonds. The van der Waals surface area contributed by atoms with E-state index in [0.717, 1.165) is 16.1 Å². The summed E-state index contributed by atoms with van der Waals surface area (Å²) >= 11 is 6.34. The Morgan fingerprint density at radius 2 is 1.64 bits per heavy atom.